The average Bonchev–Trinajstić information content (AvgIpc) is 3.45. The van der Waals surface area contributed by atoms with E-state index in [2.05, 4.69) is 4.98 Å². The van der Waals surface area contributed by atoms with E-state index < -0.39 is 30.0 Å². The Morgan fingerprint density at radius 2 is 1.84 bits per heavy atom. The zero-order valence-corrected chi connectivity index (χ0v) is 17.3. The number of carbonyl (C=O) groups is 1. The van der Waals surface area contributed by atoms with Crippen molar-refractivity contribution in [3.8, 4) is 0 Å². The summed E-state index contributed by atoms with van der Waals surface area (Å²) in [6.45, 7) is -0.308. The van der Waals surface area contributed by atoms with E-state index >= 15 is 0 Å². The molecule has 1 unspecified atom stereocenters. The van der Waals surface area contributed by atoms with Crippen LogP contribution in [-0.2, 0) is 16.8 Å². The van der Waals surface area contributed by atoms with Crippen LogP contribution in [0.1, 0.15) is 43.1 Å². The summed E-state index contributed by atoms with van der Waals surface area (Å²) in [5.74, 6) is -0.278. The number of rotatable bonds is 5. The van der Waals surface area contributed by atoms with Crippen LogP contribution in [0.3, 0.4) is 0 Å². The summed E-state index contributed by atoms with van der Waals surface area (Å²) >= 11 is 0. The molecule has 0 radical (unpaired) electrons. The van der Waals surface area contributed by atoms with Crippen LogP contribution < -0.4 is 5.56 Å². The van der Waals surface area contributed by atoms with E-state index in [1.54, 1.807) is 41.3 Å². The van der Waals surface area contributed by atoms with Gasteiger partial charge in [0.1, 0.15) is 11.6 Å². The van der Waals surface area contributed by atoms with Gasteiger partial charge in [-0.1, -0.05) is 24.3 Å². The number of likely N-dealkylation sites (tertiary alicyclic amines) is 1. The second-order valence-electron chi connectivity index (χ2n) is 8.54. The minimum absolute atomic E-state index is 0.113. The molecule has 1 aromatic heterocycles. The Kier molecular flexibility index (Phi) is 5.03. The SMILES string of the molecule is O=C(N1CCCC1c1nc2ccccc2c(=O)n1CC(F)F)C1(c2ccc(F)cc2)CC1. The summed E-state index contributed by atoms with van der Waals surface area (Å²) in [5.41, 5.74) is -0.0612. The number of para-hydroxylation sites is 1. The van der Waals surface area contributed by atoms with Gasteiger partial charge in [0.25, 0.3) is 12.0 Å². The van der Waals surface area contributed by atoms with Gasteiger partial charge in [0.2, 0.25) is 5.91 Å². The molecule has 8 heteroatoms. The maximum Gasteiger partial charge on any atom is 0.261 e. The molecule has 2 heterocycles. The summed E-state index contributed by atoms with van der Waals surface area (Å²) in [7, 11) is 0. The zero-order valence-electron chi connectivity index (χ0n) is 17.3. The fourth-order valence-corrected chi connectivity index (χ4v) is 4.83. The molecular formula is C24H22F3N3O2. The predicted molar refractivity (Wildman–Crippen MR) is 113 cm³/mol. The first-order valence-electron chi connectivity index (χ1n) is 10.8. The zero-order chi connectivity index (χ0) is 22.5. The lowest BCUT2D eigenvalue weighted by Crippen LogP contribution is -2.41. The van der Waals surface area contributed by atoms with Crippen molar-refractivity contribution in [2.45, 2.75) is 50.1 Å². The Balaban J connectivity index is 1.57. The Morgan fingerprint density at radius 1 is 1.12 bits per heavy atom. The van der Waals surface area contributed by atoms with Gasteiger partial charge in [0.15, 0.2) is 0 Å². The summed E-state index contributed by atoms with van der Waals surface area (Å²) in [6.07, 6.45) is -0.202. The highest BCUT2D eigenvalue weighted by atomic mass is 19.3. The van der Waals surface area contributed by atoms with Gasteiger partial charge in [-0.05, 0) is 55.5 Å². The number of amides is 1. The lowest BCUT2D eigenvalue weighted by atomic mass is 9.94. The Hall–Kier alpha value is -3.16. The third-order valence-corrected chi connectivity index (χ3v) is 6.58. The quantitative estimate of drug-likeness (QED) is 0.597. The number of hydrogen-bond donors (Lipinski definition) is 0. The number of halogens is 3. The van der Waals surface area contributed by atoms with Crippen molar-refractivity contribution < 1.29 is 18.0 Å². The van der Waals surface area contributed by atoms with Crippen LogP contribution in [0, 0.1) is 5.82 Å². The molecule has 32 heavy (non-hydrogen) atoms. The van der Waals surface area contributed by atoms with Crippen LogP contribution in [0.15, 0.2) is 53.3 Å². The molecule has 166 valence electrons. The fourth-order valence-electron chi connectivity index (χ4n) is 4.83. The standard InChI is InChI=1S/C24H22F3N3O2/c25-16-9-7-15(8-10-16)24(11-12-24)23(32)29-13-3-6-19(29)21-28-18-5-2-1-4-17(18)22(31)30(21)14-20(26)27/h1-2,4-5,7-10,19-20H,3,6,11-14H2. The molecule has 5 nitrogen and oxygen atoms in total. The van der Waals surface area contributed by atoms with Crippen LogP contribution in [0.2, 0.25) is 0 Å². The molecule has 2 aromatic carbocycles. The van der Waals surface area contributed by atoms with Gasteiger partial charge in [-0.25, -0.2) is 18.2 Å². The number of fused-ring (bicyclic) bond motifs is 1. The maximum absolute atomic E-state index is 13.6. The molecule has 1 aliphatic heterocycles. The van der Waals surface area contributed by atoms with Gasteiger partial charge in [-0.2, -0.15) is 0 Å². The first kappa shape index (κ1) is 20.7. The Morgan fingerprint density at radius 3 is 2.53 bits per heavy atom. The van der Waals surface area contributed by atoms with Crippen molar-refractivity contribution in [1.29, 1.82) is 0 Å². The molecule has 1 saturated heterocycles. The lowest BCUT2D eigenvalue weighted by molar-refractivity contribution is -0.135. The highest BCUT2D eigenvalue weighted by Crippen LogP contribution is 2.51. The smallest absolute Gasteiger partial charge is 0.261 e. The summed E-state index contributed by atoms with van der Waals surface area (Å²) in [6, 6.07) is 12.0. The Bertz CT molecular complexity index is 1240. The number of aromatic nitrogens is 2. The van der Waals surface area contributed by atoms with Crippen molar-refractivity contribution in [1.82, 2.24) is 14.5 Å². The van der Waals surface area contributed by atoms with Crippen molar-refractivity contribution in [2.24, 2.45) is 0 Å². The van der Waals surface area contributed by atoms with E-state index in [9.17, 15) is 22.8 Å². The van der Waals surface area contributed by atoms with Gasteiger partial charge < -0.3 is 4.90 Å². The maximum atomic E-state index is 13.6. The minimum atomic E-state index is -2.73. The molecule has 2 aliphatic rings. The number of benzene rings is 2. The molecule has 3 aromatic rings. The predicted octanol–water partition coefficient (Wildman–Crippen LogP) is 4.20. The molecule has 0 spiro atoms. The number of hydrogen-bond acceptors (Lipinski definition) is 3. The molecular weight excluding hydrogens is 419 g/mol. The lowest BCUT2D eigenvalue weighted by Gasteiger charge is -2.30. The summed E-state index contributed by atoms with van der Waals surface area (Å²) < 4.78 is 41.2. The van der Waals surface area contributed by atoms with Gasteiger partial charge in [0, 0.05) is 6.54 Å². The van der Waals surface area contributed by atoms with Crippen molar-refractivity contribution in [2.75, 3.05) is 6.54 Å². The molecule has 0 bridgehead atoms. The van der Waals surface area contributed by atoms with Gasteiger partial charge >= 0.3 is 0 Å². The topological polar surface area (TPSA) is 55.2 Å². The van der Waals surface area contributed by atoms with E-state index in [4.69, 9.17) is 0 Å². The van der Waals surface area contributed by atoms with E-state index in [0.717, 1.165) is 10.1 Å². The monoisotopic (exact) mass is 441 g/mol. The first-order valence-corrected chi connectivity index (χ1v) is 10.8. The normalized spacial score (nSPS) is 19.6. The molecule has 0 N–H and O–H groups in total. The van der Waals surface area contributed by atoms with E-state index in [0.29, 0.717) is 37.7 Å². The van der Waals surface area contributed by atoms with Crippen LogP contribution >= 0.6 is 0 Å². The van der Waals surface area contributed by atoms with Crippen molar-refractivity contribution in [3.05, 3.63) is 76.1 Å². The first-order chi connectivity index (χ1) is 15.4. The second kappa shape index (κ2) is 7.76. The average molecular weight is 441 g/mol. The minimum Gasteiger partial charge on any atom is -0.332 e. The van der Waals surface area contributed by atoms with Crippen molar-refractivity contribution >= 4 is 16.8 Å². The van der Waals surface area contributed by atoms with Crippen LogP contribution in [0.25, 0.3) is 10.9 Å². The van der Waals surface area contributed by atoms with Gasteiger partial charge in [-0.3, -0.25) is 14.2 Å². The number of carbonyl (C=O) groups excluding carboxylic acids is 1. The third-order valence-electron chi connectivity index (χ3n) is 6.58. The van der Waals surface area contributed by atoms with E-state index in [1.807, 2.05) is 0 Å². The van der Waals surface area contributed by atoms with Crippen LogP contribution in [0.5, 0.6) is 0 Å². The molecule has 5 rings (SSSR count). The van der Waals surface area contributed by atoms with Crippen molar-refractivity contribution in [3.63, 3.8) is 0 Å². The Labute approximate surface area is 182 Å². The largest absolute Gasteiger partial charge is 0.332 e. The molecule has 1 atom stereocenters. The highest BCUT2D eigenvalue weighted by Gasteiger charge is 2.54. The highest BCUT2D eigenvalue weighted by molar-refractivity contribution is 5.92. The fraction of sp³-hybridized carbons (Fsp3) is 0.375. The van der Waals surface area contributed by atoms with E-state index in [1.165, 1.54) is 12.1 Å². The van der Waals surface area contributed by atoms with Crippen LogP contribution in [-0.4, -0.2) is 33.3 Å². The van der Waals surface area contributed by atoms with Crippen LogP contribution in [0.4, 0.5) is 13.2 Å². The van der Waals surface area contributed by atoms with Gasteiger partial charge in [0.05, 0.1) is 28.9 Å². The molecule has 1 aliphatic carbocycles. The molecule has 1 saturated carbocycles. The van der Waals surface area contributed by atoms with Gasteiger partial charge in [-0.15, -0.1) is 0 Å². The summed E-state index contributed by atoms with van der Waals surface area (Å²) in [5, 5.41) is 0.276. The number of nitrogens with zero attached hydrogens (tertiary/aromatic N) is 3. The number of alkyl halides is 2. The van der Waals surface area contributed by atoms with E-state index in [-0.39, 0.29) is 22.9 Å². The molecule has 2 fully saturated rings. The third kappa shape index (κ3) is 3.38. The molecule has 1 amide bonds. The second-order valence-corrected chi connectivity index (χ2v) is 8.54. The summed E-state index contributed by atoms with van der Waals surface area (Å²) in [4.78, 5) is 32.9.